The molecule has 10 aromatic carbocycles. The summed E-state index contributed by atoms with van der Waals surface area (Å²) in [4.78, 5) is 10.8. The average Bonchev–Trinajstić information content (AvgIpc) is 3.84. The number of aromatic nitrogens is 4. The maximum atomic E-state index is 5.43. The zero-order valence-corrected chi connectivity index (χ0v) is 32.4. The summed E-state index contributed by atoms with van der Waals surface area (Å²) in [6.45, 7) is 0. The largest absolute Gasteiger partial charge is 0.309 e. The first-order valence-corrected chi connectivity index (χ1v) is 20.5. The Hall–Kier alpha value is -8.08. The number of fused-ring (bicyclic) bond motifs is 12. The standard InChI is InChI=1S/C56H34N4/c1-2-18-36(19-3-1)55-42-26-10-13-29-47(42)57-56(58-55)60-50-31-15-12-28-44(50)54-41-25-9-7-23-39(41)46(34-52(54)60)45-33-51-53(40-24-8-6-22-38(40)45)43-27-11-14-30-49(43)59(51)48-32-16-20-35-17-4-5-21-37(35)48/h1-34H. The minimum atomic E-state index is 0.649. The van der Waals surface area contributed by atoms with Gasteiger partial charge < -0.3 is 4.57 Å². The highest BCUT2D eigenvalue weighted by molar-refractivity contribution is 6.28. The van der Waals surface area contributed by atoms with Gasteiger partial charge in [-0.25, -0.2) is 9.97 Å². The molecule has 0 radical (unpaired) electrons. The Bertz CT molecular complexity index is 3890. The van der Waals surface area contributed by atoms with Crippen molar-refractivity contribution >= 4 is 86.8 Å². The smallest absolute Gasteiger partial charge is 0.235 e. The fourth-order valence-electron chi connectivity index (χ4n) is 9.96. The summed E-state index contributed by atoms with van der Waals surface area (Å²) in [6.07, 6.45) is 0. The van der Waals surface area contributed by atoms with Crippen LogP contribution in [0.15, 0.2) is 206 Å². The minimum Gasteiger partial charge on any atom is -0.309 e. The van der Waals surface area contributed by atoms with Crippen LogP contribution in [-0.4, -0.2) is 19.1 Å². The van der Waals surface area contributed by atoms with Crippen molar-refractivity contribution in [3.05, 3.63) is 206 Å². The van der Waals surface area contributed by atoms with Gasteiger partial charge in [0.25, 0.3) is 0 Å². The van der Waals surface area contributed by atoms with Crippen LogP contribution in [0.4, 0.5) is 0 Å². The van der Waals surface area contributed by atoms with Gasteiger partial charge in [-0.05, 0) is 74.5 Å². The van der Waals surface area contributed by atoms with Crippen LogP contribution in [0.1, 0.15) is 0 Å². The summed E-state index contributed by atoms with van der Waals surface area (Å²) in [5.41, 5.74) is 10.9. The van der Waals surface area contributed by atoms with E-state index in [4.69, 9.17) is 9.97 Å². The normalized spacial score (nSPS) is 12.0. The molecule has 0 aliphatic rings. The molecule has 4 heteroatoms. The fourth-order valence-corrected chi connectivity index (χ4v) is 9.96. The van der Waals surface area contributed by atoms with Gasteiger partial charge in [0.15, 0.2) is 0 Å². The van der Waals surface area contributed by atoms with Crippen LogP contribution in [0.5, 0.6) is 0 Å². The van der Waals surface area contributed by atoms with E-state index < -0.39 is 0 Å². The lowest BCUT2D eigenvalue weighted by Crippen LogP contribution is -2.03. The van der Waals surface area contributed by atoms with Crippen LogP contribution in [0.3, 0.4) is 0 Å². The molecule has 0 N–H and O–H groups in total. The van der Waals surface area contributed by atoms with Crippen molar-refractivity contribution < 1.29 is 0 Å². The second-order valence-corrected chi connectivity index (χ2v) is 15.7. The van der Waals surface area contributed by atoms with E-state index in [1.807, 2.05) is 0 Å². The van der Waals surface area contributed by atoms with Gasteiger partial charge in [0.2, 0.25) is 5.95 Å². The van der Waals surface area contributed by atoms with Crippen LogP contribution in [-0.2, 0) is 0 Å². The third kappa shape index (κ3) is 4.67. The van der Waals surface area contributed by atoms with E-state index in [1.165, 1.54) is 81.7 Å². The highest BCUT2D eigenvalue weighted by atomic mass is 15.2. The Balaban J connectivity index is 1.18. The number of benzene rings is 10. The molecule has 0 bridgehead atoms. The summed E-state index contributed by atoms with van der Waals surface area (Å²) < 4.78 is 4.77. The predicted molar refractivity (Wildman–Crippen MR) is 252 cm³/mol. The van der Waals surface area contributed by atoms with Gasteiger partial charge >= 0.3 is 0 Å². The van der Waals surface area contributed by atoms with E-state index in [0.29, 0.717) is 5.95 Å². The second-order valence-electron chi connectivity index (χ2n) is 15.7. The van der Waals surface area contributed by atoms with Gasteiger partial charge in [-0.15, -0.1) is 0 Å². The van der Waals surface area contributed by atoms with Crippen molar-refractivity contribution in [1.82, 2.24) is 19.1 Å². The van der Waals surface area contributed by atoms with Gasteiger partial charge in [-0.2, -0.15) is 0 Å². The van der Waals surface area contributed by atoms with Crippen molar-refractivity contribution in [3.63, 3.8) is 0 Å². The zero-order valence-electron chi connectivity index (χ0n) is 32.4. The third-order valence-electron chi connectivity index (χ3n) is 12.5. The fraction of sp³-hybridized carbons (Fsp3) is 0. The van der Waals surface area contributed by atoms with Crippen molar-refractivity contribution in [2.24, 2.45) is 0 Å². The van der Waals surface area contributed by atoms with E-state index in [0.717, 1.165) is 33.2 Å². The Morgan fingerprint density at radius 2 is 0.800 bits per heavy atom. The Morgan fingerprint density at radius 1 is 0.317 bits per heavy atom. The Kier molecular flexibility index (Phi) is 6.98. The highest BCUT2D eigenvalue weighted by Gasteiger charge is 2.23. The molecule has 3 aromatic heterocycles. The number of hydrogen-bond donors (Lipinski definition) is 0. The molecule has 0 saturated heterocycles. The monoisotopic (exact) mass is 762 g/mol. The SMILES string of the molecule is c1ccc(-c2nc(-n3c4ccccc4c4c5ccccc5c(-c5cc6c(c7ccccc57)c5ccccc5n6-c5cccc6ccccc56)cc43)nc3ccccc23)cc1. The summed E-state index contributed by atoms with van der Waals surface area (Å²) in [7, 11) is 0. The molecular formula is C56H34N4. The molecule has 4 nitrogen and oxygen atoms in total. The predicted octanol–water partition coefficient (Wildman–Crippen LogP) is 14.6. The van der Waals surface area contributed by atoms with E-state index in [9.17, 15) is 0 Å². The molecule has 60 heavy (non-hydrogen) atoms. The van der Waals surface area contributed by atoms with Crippen molar-refractivity contribution in [3.8, 4) is 34.0 Å². The average molecular weight is 763 g/mol. The summed E-state index contributed by atoms with van der Waals surface area (Å²) in [5.74, 6) is 0.649. The molecule has 0 fully saturated rings. The van der Waals surface area contributed by atoms with Crippen LogP contribution in [0.25, 0.3) is 121 Å². The van der Waals surface area contributed by atoms with Crippen LogP contribution >= 0.6 is 0 Å². The van der Waals surface area contributed by atoms with E-state index >= 15 is 0 Å². The first kappa shape index (κ1) is 32.9. The highest BCUT2D eigenvalue weighted by Crippen LogP contribution is 2.46. The third-order valence-corrected chi connectivity index (χ3v) is 12.5. The quantitative estimate of drug-likeness (QED) is 0.179. The van der Waals surface area contributed by atoms with E-state index in [1.54, 1.807) is 0 Å². The van der Waals surface area contributed by atoms with Gasteiger partial charge in [-0.3, -0.25) is 4.57 Å². The van der Waals surface area contributed by atoms with E-state index in [2.05, 4.69) is 215 Å². The molecule has 13 aromatic rings. The molecule has 0 amide bonds. The molecule has 0 atom stereocenters. The maximum Gasteiger partial charge on any atom is 0.235 e. The number of nitrogens with zero attached hydrogens (tertiary/aromatic N) is 4. The molecular weight excluding hydrogens is 729 g/mol. The summed E-state index contributed by atoms with van der Waals surface area (Å²) in [5, 5.41) is 13.2. The molecule has 0 unspecified atom stereocenters. The second kappa shape index (κ2) is 12.7. The molecule has 0 saturated carbocycles. The molecule has 0 aliphatic heterocycles. The molecule has 13 rings (SSSR count). The van der Waals surface area contributed by atoms with Crippen molar-refractivity contribution in [2.45, 2.75) is 0 Å². The van der Waals surface area contributed by atoms with Crippen LogP contribution in [0.2, 0.25) is 0 Å². The molecule has 3 heterocycles. The lowest BCUT2D eigenvalue weighted by Gasteiger charge is -2.16. The van der Waals surface area contributed by atoms with Gasteiger partial charge in [0.05, 0.1) is 39.0 Å². The van der Waals surface area contributed by atoms with Crippen molar-refractivity contribution in [1.29, 1.82) is 0 Å². The summed E-state index contributed by atoms with van der Waals surface area (Å²) >= 11 is 0. The molecule has 278 valence electrons. The lowest BCUT2D eigenvalue weighted by atomic mass is 9.90. The number of rotatable bonds is 4. The number of hydrogen-bond acceptors (Lipinski definition) is 2. The molecule has 0 spiro atoms. The topological polar surface area (TPSA) is 35.6 Å². The van der Waals surface area contributed by atoms with Gasteiger partial charge in [0, 0.05) is 37.9 Å². The lowest BCUT2D eigenvalue weighted by molar-refractivity contribution is 1.01. The summed E-state index contributed by atoms with van der Waals surface area (Å²) in [6, 6.07) is 74.4. The minimum absolute atomic E-state index is 0.649. The Morgan fingerprint density at radius 3 is 1.47 bits per heavy atom. The van der Waals surface area contributed by atoms with Crippen molar-refractivity contribution in [2.75, 3.05) is 0 Å². The van der Waals surface area contributed by atoms with Gasteiger partial charge in [-0.1, -0.05) is 170 Å². The van der Waals surface area contributed by atoms with Crippen LogP contribution in [0, 0.1) is 0 Å². The number of para-hydroxylation sites is 3. The first-order valence-electron chi connectivity index (χ1n) is 20.5. The van der Waals surface area contributed by atoms with Gasteiger partial charge in [0.1, 0.15) is 0 Å². The first-order chi connectivity index (χ1) is 29.8. The zero-order chi connectivity index (χ0) is 39.3. The maximum absolute atomic E-state index is 5.43. The van der Waals surface area contributed by atoms with Crippen LogP contribution < -0.4 is 0 Å². The Labute approximate surface area is 344 Å². The molecule has 0 aliphatic carbocycles. The van der Waals surface area contributed by atoms with E-state index in [-0.39, 0.29) is 0 Å².